The van der Waals surface area contributed by atoms with Gasteiger partial charge in [0.05, 0.1) is 12.1 Å². The Kier molecular flexibility index (Phi) is 5.75. The van der Waals surface area contributed by atoms with E-state index in [-0.39, 0.29) is 16.9 Å². The van der Waals surface area contributed by atoms with Crippen molar-refractivity contribution in [1.82, 2.24) is 14.9 Å². The zero-order valence-corrected chi connectivity index (χ0v) is 18.1. The van der Waals surface area contributed by atoms with E-state index in [9.17, 15) is 26.7 Å². The first kappa shape index (κ1) is 22.9. The minimum Gasteiger partial charge on any atom is -0.360 e. The number of carbonyl (C=O) groups excluding carboxylic acids is 1. The van der Waals surface area contributed by atoms with Crippen molar-refractivity contribution in [2.75, 3.05) is 5.32 Å². The molecule has 1 N–H and O–H groups in total. The van der Waals surface area contributed by atoms with Crippen LogP contribution in [0.1, 0.15) is 54.6 Å². The largest absolute Gasteiger partial charge is 0.360 e. The lowest BCUT2D eigenvalue weighted by Crippen LogP contribution is -2.27. The number of halogens is 5. The predicted molar refractivity (Wildman–Crippen MR) is 107 cm³/mol. The maximum absolute atomic E-state index is 13.9. The summed E-state index contributed by atoms with van der Waals surface area (Å²) in [5, 5.41) is 10.4. The number of aryl methyl sites for hydroxylation is 1. The van der Waals surface area contributed by atoms with Gasteiger partial charge in [0.2, 0.25) is 5.82 Å². The Morgan fingerprint density at radius 2 is 1.76 bits per heavy atom. The fraction of sp³-hybridized carbons (Fsp3) is 0.409. The normalized spacial score (nSPS) is 16.1. The fourth-order valence-electron chi connectivity index (χ4n) is 3.96. The molecule has 0 aliphatic heterocycles. The van der Waals surface area contributed by atoms with Crippen LogP contribution in [0.4, 0.5) is 27.8 Å². The van der Waals surface area contributed by atoms with Crippen molar-refractivity contribution in [3.05, 3.63) is 63.9 Å². The maximum Gasteiger partial charge on any atom is 0.279 e. The van der Waals surface area contributed by atoms with E-state index in [1.54, 1.807) is 0 Å². The van der Waals surface area contributed by atoms with Crippen LogP contribution in [0.5, 0.6) is 0 Å². The monoisotopic (exact) mass is 468 g/mol. The first-order valence-corrected chi connectivity index (χ1v) is 10.3. The number of benzene rings is 1. The van der Waals surface area contributed by atoms with Gasteiger partial charge in [0.25, 0.3) is 5.91 Å². The number of nitrogens with zero attached hydrogens (tertiary/aromatic N) is 3. The molecule has 0 saturated heterocycles. The van der Waals surface area contributed by atoms with E-state index in [0.717, 1.165) is 16.7 Å². The Hall–Kier alpha value is -3.24. The van der Waals surface area contributed by atoms with E-state index in [1.165, 1.54) is 12.3 Å². The summed E-state index contributed by atoms with van der Waals surface area (Å²) in [7, 11) is 0. The highest BCUT2D eigenvalue weighted by molar-refractivity contribution is 6.03. The SMILES string of the molecule is CC(C)(C)C1CCc2onc(C(=O)Nc3ccn(Cc4c(F)c(F)c(F)c(F)c4F)n3)c2C1. The van der Waals surface area contributed by atoms with Gasteiger partial charge in [-0.05, 0) is 24.2 Å². The lowest BCUT2D eigenvalue weighted by Gasteiger charge is -2.33. The van der Waals surface area contributed by atoms with Crippen molar-refractivity contribution in [2.24, 2.45) is 11.3 Å². The van der Waals surface area contributed by atoms with E-state index in [1.807, 2.05) is 0 Å². The molecule has 1 aromatic carbocycles. The summed E-state index contributed by atoms with van der Waals surface area (Å²) in [5.74, 6) is -9.71. The van der Waals surface area contributed by atoms with Gasteiger partial charge in [-0.2, -0.15) is 5.10 Å². The number of aromatic nitrogens is 3. The summed E-state index contributed by atoms with van der Waals surface area (Å²) in [4.78, 5) is 12.8. The van der Waals surface area contributed by atoms with Gasteiger partial charge in [-0.1, -0.05) is 25.9 Å². The molecule has 176 valence electrons. The quantitative estimate of drug-likeness (QED) is 0.332. The summed E-state index contributed by atoms with van der Waals surface area (Å²) < 4.78 is 74.2. The third-order valence-electron chi connectivity index (χ3n) is 5.98. The summed E-state index contributed by atoms with van der Waals surface area (Å²) in [5.41, 5.74) is -0.121. The van der Waals surface area contributed by atoms with Crippen LogP contribution < -0.4 is 5.32 Å². The molecule has 0 saturated carbocycles. The van der Waals surface area contributed by atoms with Gasteiger partial charge in [0.15, 0.2) is 34.8 Å². The van der Waals surface area contributed by atoms with Gasteiger partial charge in [0.1, 0.15) is 5.76 Å². The van der Waals surface area contributed by atoms with E-state index in [4.69, 9.17) is 4.52 Å². The minimum atomic E-state index is -2.23. The molecule has 0 spiro atoms. The molecule has 1 unspecified atom stereocenters. The molecule has 0 radical (unpaired) electrons. The molecular formula is C22H21F5N4O2. The van der Waals surface area contributed by atoms with Crippen LogP contribution in [-0.2, 0) is 19.4 Å². The molecule has 1 aliphatic carbocycles. The van der Waals surface area contributed by atoms with Crippen molar-refractivity contribution < 1.29 is 31.3 Å². The zero-order valence-electron chi connectivity index (χ0n) is 18.1. The average molecular weight is 468 g/mol. The smallest absolute Gasteiger partial charge is 0.279 e. The molecule has 4 rings (SSSR count). The van der Waals surface area contributed by atoms with E-state index in [2.05, 4.69) is 36.3 Å². The van der Waals surface area contributed by atoms with Gasteiger partial charge >= 0.3 is 0 Å². The molecule has 0 fully saturated rings. The zero-order chi connectivity index (χ0) is 24.1. The van der Waals surface area contributed by atoms with Crippen molar-refractivity contribution in [3.63, 3.8) is 0 Å². The Morgan fingerprint density at radius 1 is 1.12 bits per heavy atom. The molecule has 0 bridgehead atoms. The van der Waals surface area contributed by atoms with Crippen molar-refractivity contribution >= 4 is 11.7 Å². The minimum absolute atomic E-state index is 0.0174. The van der Waals surface area contributed by atoms with Crippen LogP contribution in [0.3, 0.4) is 0 Å². The second kappa shape index (κ2) is 8.27. The predicted octanol–water partition coefficient (Wildman–Crippen LogP) is 5.02. The number of nitrogens with one attached hydrogen (secondary N) is 1. The Labute approximate surface area is 185 Å². The van der Waals surface area contributed by atoms with Crippen LogP contribution in [0.15, 0.2) is 16.8 Å². The number of amides is 1. The van der Waals surface area contributed by atoms with Gasteiger partial charge in [-0.25, -0.2) is 22.0 Å². The molecule has 1 atom stereocenters. The van der Waals surface area contributed by atoms with Gasteiger partial charge < -0.3 is 9.84 Å². The van der Waals surface area contributed by atoms with Crippen molar-refractivity contribution in [1.29, 1.82) is 0 Å². The highest BCUT2D eigenvalue weighted by Gasteiger charge is 2.34. The third-order valence-corrected chi connectivity index (χ3v) is 5.98. The second-order valence-corrected chi connectivity index (χ2v) is 9.14. The molecule has 1 amide bonds. The van der Waals surface area contributed by atoms with E-state index in [0.29, 0.717) is 24.5 Å². The first-order valence-electron chi connectivity index (χ1n) is 10.3. The van der Waals surface area contributed by atoms with Crippen LogP contribution >= 0.6 is 0 Å². The third kappa shape index (κ3) is 4.23. The maximum atomic E-state index is 13.9. The highest BCUT2D eigenvalue weighted by atomic mass is 19.2. The van der Waals surface area contributed by atoms with E-state index >= 15 is 0 Å². The van der Waals surface area contributed by atoms with Crippen LogP contribution in [0, 0.1) is 40.4 Å². The van der Waals surface area contributed by atoms with Gasteiger partial charge in [0, 0.05) is 24.2 Å². The molecular weight excluding hydrogens is 447 g/mol. The summed E-state index contributed by atoms with van der Waals surface area (Å²) in [6.07, 6.45) is 3.48. The number of hydrogen-bond donors (Lipinski definition) is 1. The van der Waals surface area contributed by atoms with Gasteiger partial charge in [-0.3, -0.25) is 9.48 Å². The number of carbonyl (C=O) groups is 1. The lowest BCUT2D eigenvalue weighted by atomic mass is 9.71. The van der Waals surface area contributed by atoms with Crippen molar-refractivity contribution in [3.8, 4) is 0 Å². The van der Waals surface area contributed by atoms with Crippen molar-refractivity contribution in [2.45, 2.75) is 46.6 Å². The summed E-state index contributed by atoms with van der Waals surface area (Å²) in [6, 6.07) is 1.33. The topological polar surface area (TPSA) is 73.0 Å². The first-order chi connectivity index (χ1) is 15.5. The number of rotatable bonds is 4. The lowest BCUT2D eigenvalue weighted by molar-refractivity contribution is 0.101. The summed E-state index contributed by atoms with van der Waals surface area (Å²) >= 11 is 0. The van der Waals surface area contributed by atoms with Crippen LogP contribution in [0.25, 0.3) is 0 Å². The molecule has 11 heteroatoms. The number of hydrogen-bond acceptors (Lipinski definition) is 4. The Morgan fingerprint density at radius 3 is 2.39 bits per heavy atom. The number of anilines is 1. The summed E-state index contributed by atoms with van der Waals surface area (Å²) in [6.45, 7) is 5.67. The molecule has 1 aliphatic rings. The highest BCUT2D eigenvalue weighted by Crippen LogP contribution is 2.38. The standard InChI is InChI=1S/C22H21F5N4O2/c1-22(2,3)10-4-5-13-11(8-10)20(30-33-13)21(32)28-14-6-7-31(29-14)9-12-15(23)17(25)19(27)18(26)16(12)24/h6-7,10H,4-5,8-9H2,1-3H3,(H,28,29,32). The number of fused-ring (bicyclic) bond motifs is 1. The Balaban J connectivity index is 1.51. The Bertz CT molecular complexity index is 1200. The second-order valence-electron chi connectivity index (χ2n) is 9.14. The molecule has 33 heavy (non-hydrogen) atoms. The molecule has 2 aromatic heterocycles. The molecule has 6 nitrogen and oxygen atoms in total. The molecule has 3 aromatic rings. The average Bonchev–Trinajstić information content (AvgIpc) is 3.39. The fourth-order valence-corrected chi connectivity index (χ4v) is 3.96. The van der Waals surface area contributed by atoms with Crippen LogP contribution in [-0.4, -0.2) is 20.8 Å². The van der Waals surface area contributed by atoms with Crippen LogP contribution in [0.2, 0.25) is 0 Å². The van der Waals surface area contributed by atoms with Gasteiger partial charge in [-0.15, -0.1) is 0 Å². The molecule has 2 heterocycles. The van der Waals surface area contributed by atoms with E-state index < -0.39 is 47.1 Å².